The zero-order valence-corrected chi connectivity index (χ0v) is 11.7. The maximum Gasteiger partial charge on any atom is 0.228 e. The van der Waals surface area contributed by atoms with E-state index in [-0.39, 0.29) is 5.91 Å². The summed E-state index contributed by atoms with van der Waals surface area (Å²) in [4.78, 5) is 12.0. The first-order valence-corrected chi connectivity index (χ1v) is 6.48. The molecule has 0 spiro atoms. The van der Waals surface area contributed by atoms with Crippen LogP contribution in [0.3, 0.4) is 0 Å². The van der Waals surface area contributed by atoms with Gasteiger partial charge in [0.2, 0.25) is 5.91 Å². The summed E-state index contributed by atoms with van der Waals surface area (Å²) in [6.07, 6.45) is 0.412. The number of hydrogen-bond donors (Lipinski definition) is 1. The van der Waals surface area contributed by atoms with Crippen molar-refractivity contribution in [2.24, 2.45) is 0 Å². The summed E-state index contributed by atoms with van der Waals surface area (Å²) in [5, 5.41) is 2.98. The molecule has 0 aliphatic carbocycles. The molecule has 98 valence electrons. The highest BCUT2D eigenvalue weighted by Gasteiger charge is 2.07. The van der Waals surface area contributed by atoms with Crippen molar-refractivity contribution in [2.45, 2.75) is 27.2 Å². The van der Waals surface area contributed by atoms with Crippen molar-refractivity contribution in [3.05, 3.63) is 64.7 Å². The predicted molar refractivity (Wildman–Crippen MR) is 79.4 cm³/mol. The average molecular weight is 253 g/mol. The molecule has 1 amide bonds. The zero-order chi connectivity index (χ0) is 13.8. The van der Waals surface area contributed by atoms with Gasteiger partial charge in [0.05, 0.1) is 6.42 Å². The molecular formula is C17H19NO. The van der Waals surface area contributed by atoms with Gasteiger partial charge < -0.3 is 5.32 Å². The minimum Gasteiger partial charge on any atom is -0.326 e. The van der Waals surface area contributed by atoms with Gasteiger partial charge in [-0.3, -0.25) is 4.79 Å². The lowest BCUT2D eigenvalue weighted by molar-refractivity contribution is -0.115. The van der Waals surface area contributed by atoms with Crippen LogP contribution in [-0.4, -0.2) is 5.91 Å². The molecule has 2 nitrogen and oxygen atoms in total. The van der Waals surface area contributed by atoms with Crippen LogP contribution in [0.25, 0.3) is 0 Å². The second kappa shape index (κ2) is 5.70. The Kier molecular flexibility index (Phi) is 4.00. The topological polar surface area (TPSA) is 29.1 Å². The SMILES string of the molecule is Cc1cccc(CC(=O)Nc2cccc(C)c2C)c1. The molecule has 0 bridgehead atoms. The van der Waals surface area contributed by atoms with Gasteiger partial charge in [-0.15, -0.1) is 0 Å². The predicted octanol–water partition coefficient (Wildman–Crippen LogP) is 3.79. The standard InChI is InChI=1S/C17H19NO/c1-12-6-4-8-15(10-12)11-17(19)18-16-9-5-7-13(2)14(16)3/h4-10H,11H2,1-3H3,(H,18,19). The lowest BCUT2D eigenvalue weighted by Gasteiger charge is -2.10. The summed E-state index contributed by atoms with van der Waals surface area (Å²) in [5.41, 5.74) is 5.44. The second-order valence-corrected chi connectivity index (χ2v) is 4.96. The van der Waals surface area contributed by atoms with Crippen molar-refractivity contribution in [3.63, 3.8) is 0 Å². The van der Waals surface area contributed by atoms with Gasteiger partial charge in [0.15, 0.2) is 0 Å². The molecule has 0 saturated carbocycles. The third kappa shape index (κ3) is 3.44. The van der Waals surface area contributed by atoms with Gasteiger partial charge in [-0.25, -0.2) is 0 Å². The van der Waals surface area contributed by atoms with Gasteiger partial charge in [-0.2, -0.15) is 0 Å². The van der Waals surface area contributed by atoms with Crippen LogP contribution in [0.15, 0.2) is 42.5 Å². The van der Waals surface area contributed by atoms with E-state index in [4.69, 9.17) is 0 Å². The van der Waals surface area contributed by atoms with Crippen LogP contribution in [0.4, 0.5) is 5.69 Å². The Bertz CT molecular complexity index is 602. The van der Waals surface area contributed by atoms with E-state index in [1.165, 1.54) is 11.1 Å². The van der Waals surface area contributed by atoms with Crippen molar-refractivity contribution >= 4 is 11.6 Å². The Morgan fingerprint density at radius 2 is 1.79 bits per heavy atom. The number of carbonyl (C=O) groups is 1. The van der Waals surface area contributed by atoms with E-state index in [9.17, 15) is 4.79 Å². The Hall–Kier alpha value is -2.09. The van der Waals surface area contributed by atoms with Gasteiger partial charge in [0.25, 0.3) is 0 Å². The number of nitrogens with one attached hydrogen (secondary N) is 1. The lowest BCUT2D eigenvalue weighted by Crippen LogP contribution is -2.15. The van der Waals surface area contributed by atoms with E-state index in [1.54, 1.807) is 0 Å². The number of hydrogen-bond acceptors (Lipinski definition) is 1. The molecule has 0 aromatic heterocycles. The van der Waals surface area contributed by atoms with Crippen LogP contribution in [0.2, 0.25) is 0 Å². The third-order valence-electron chi connectivity index (χ3n) is 3.33. The van der Waals surface area contributed by atoms with Crippen molar-refractivity contribution < 1.29 is 4.79 Å². The molecule has 0 unspecified atom stereocenters. The minimum atomic E-state index is 0.0271. The summed E-state index contributed by atoms with van der Waals surface area (Å²) in [6, 6.07) is 14.0. The van der Waals surface area contributed by atoms with Crippen molar-refractivity contribution in [1.82, 2.24) is 0 Å². The molecule has 2 rings (SSSR count). The summed E-state index contributed by atoms with van der Waals surface area (Å²) < 4.78 is 0. The van der Waals surface area contributed by atoms with Crippen LogP contribution in [-0.2, 0) is 11.2 Å². The van der Waals surface area contributed by atoms with Gasteiger partial charge in [-0.05, 0) is 43.5 Å². The number of rotatable bonds is 3. The quantitative estimate of drug-likeness (QED) is 0.885. The minimum absolute atomic E-state index is 0.0271. The Morgan fingerprint density at radius 3 is 2.53 bits per heavy atom. The fraction of sp³-hybridized carbons (Fsp3) is 0.235. The van der Waals surface area contributed by atoms with E-state index < -0.39 is 0 Å². The maximum absolute atomic E-state index is 12.0. The van der Waals surface area contributed by atoms with Crippen LogP contribution in [0, 0.1) is 20.8 Å². The van der Waals surface area contributed by atoms with Crippen molar-refractivity contribution in [2.75, 3.05) is 5.32 Å². The summed E-state index contributed by atoms with van der Waals surface area (Å²) >= 11 is 0. The zero-order valence-electron chi connectivity index (χ0n) is 11.7. The van der Waals surface area contributed by atoms with Crippen molar-refractivity contribution in [1.29, 1.82) is 0 Å². The molecule has 0 radical (unpaired) electrons. The molecule has 0 aliphatic heterocycles. The smallest absolute Gasteiger partial charge is 0.228 e. The van der Waals surface area contributed by atoms with Gasteiger partial charge in [0, 0.05) is 5.69 Å². The Labute approximate surface area is 114 Å². The fourth-order valence-corrected chi connectivity index (χ4v) is 2.09. The van der Waals surface area contributed by atoms with Gasteiger partial charge in [-0.1, -0.05) is 42.0 Å². The number of anilines is 1. The lowest BCUT2D eigenvalue weighted by atomic mass is 10.1. The van der Waals surface area contributed by atoms with Crippen LogP contribution >= 0.6 is 0 Å². The average Bonchev–Trinajstić information content (AvgIpc) is 2.35. The first-order valence-electron chi connectivity index (χ1n) is 6.48. The van der Waals surface area contributed by atoms with E-state index in [1.807, 2.05) is 63.2 Å². The molecule has 1 N–H and O–H groups in total. The second-order valence-electron chi connectivity index (χ2n) is 4.96. The summed E-state index contributed by atoms with van der Waals surface area (Å²) in [5.74, 6) is 0.0271. The number of benzene rings is 2. The van der Waals surface area contributed by atoms with Crippen LogP contribution in [0.5, 0.6) is 0 Å². The number of amides is 1. The third-order valence-corrected chi connectivity index (χ3v) is 3.33. The molecule has 2 aromatic rings. The number of carbonyl (C=O) groups excluding carboxylic acids is 1. The Balaban J connectivity index is 2.08. The maximum atomic E-state index is 12.0. The highest BCUT2D eigenvalue weighted by molar-refractivity contribution is 5.93. The molecule has 0 saturated heterocycles. The molecule has 2 heteroatoms. The van der Waals surface area contributed by atoms with E-state index in [0.717, 1.165) is 16.8 Å². The van der Waals surface area contributed by atoms with E-state index in [2.05, 4.69) is 5.32 Å². The fourth-order valence-electron chi connectivity index (χ4n) is 2.09. The highest BCUT2D eigenvalue weighted by atomic mass is 16.1. The highest BCUT2D eigenvalue weighted by Crippen LogP contribution is 2.18. The van der Waals surface area contributed by atoms with Gasteiger partial charge >= 0.3 is 0 Å². The first-order chi connectivity index (χ1) is 9.06. The summed E-state index contributed by atoms with van der Waals surface area (Å²) in [6.45, 7) is 6.11. The van der Waals surface area contributed by atoms with Gasteiger partial charge in [0.1, 0.15) is 0 Å². The van der Waals surface area contributed by atoms with E-state index >= 15 is 0 Å². The molecule has 0 heterocycles. The monoisotopic (exact) mass is 253 g/mol. The molecule has 0 fully saturated rings. The first kappa shape index (κ1) is 13.3. The van der Waals surface area contributed by atoms with Crippen molar-refractivity contribution in [3.8, 4) is 0 Å². The largest absolute Gasteiger partial charge is 0.326 e. The van der Waals surface area contributed by atoms with E-state index in [0.29, 0.717) is 6.42 Å². The van der Waals surface area contributed by atoms with Crippen LogP contribution in [0.1, 0.15) is 22.3 Å². The molecule has 0 atom stereocenters. The number of aryl methyl sites for hydroxylation is 2. The Morgan fingerprint density at radius 1 is 1.05 bits per heavy atom. The molecular weight excluding hydrogens is 234 g/mol. The molecule has 0 aliphatic rings. The van der Waals surface area contributed by atoms with Crippen LogP contribution < -0.4 is 5.32 Å². The molecule has 2 aromatic carbocycles. The molecule has 19 heavy (non-hydrogen) atoms. The normalized spacial score (nSPS) is 10.3. The summed E-state index contributed by atoms with van der Waals surface area (Å²) in [7, 11) is 0.